The zero-order chi connectivity index (χ0) is 24.8. The number of hydrogen-bond acceptors (Lipinski definition) is 4. The minimum absolute atomic E-state index is 0.281. The topological polar surface area (TPSA) is 116 Å². The lowest BCUT2D eigenvalue weighted by molar-refractivity contribution is -0.131. The number of aryl methyl sites for hydroxylation is 2. The molecule has 0 heterocycles. The molecule has 0 aromatic heterocycles. The highest BCUT2D eigenvalue weighted by molar-refractivity contribution is 9.10. The van der Waals surface area contributed by atoms with Crippen LogP contribution in [0.4, 0.5) is 0 Å². The van der Waals surface area contributed by atoms with Crippen LogP contribution in [0.2, 0.25) is 0 Å². The summed E-state index contributed by atoms with van der Waals surface area (Å²) in [5.41, 5.74) is 12.7. The van der Waals surface area contributed by atoms with Gasteiger partial charge in [-0.15, -0.1) is 0 Å². The first-order valence-electron chi connectivity index (χ1n) is 10.9. The molecule has 1 aliphatic rings. The molecular formula is C24H26Br2N4O4. The molecular weight excluding hydrogens is 568 g/mol. The molecule has 10 heteroatoms. The monoisotopic (exact) mass is 592 g/mol. The summed E-state index contributed by atoms with van der Waals surface area (Å²) in [6.45, 7) is 3.84. The number of amides is 4. The number of rotatable bonds is 4. The number of hydrogen-bond donors (Lipinski definition) is 4. The van der Waals surface area contributed by atoms with Crippen LogP contribution in [0.5, 0.6) is 0 Å². The SMILES string of the molecule is Cc1ccc(C(=O)NNC(=O)C2CCC(C(=O)NNC(=O)c3ccc(C)c(Br)c3)CC2)cc1Br. The van der Waals surface area contributed by atoms with Gasteiger partial charge in [0.2, 0.25) is 11.8 Å². The van der Waals surface area contributed by atoms with Crippen molar-refractivity contribution in [2.45, 2.75) is 39.5 Å². The highest BCUT2D eigenvalue weighted by Gasteiger charge is 2.30. The van der Waals surface area contributed by atoms with Crippen molar-refractivity contribution >= 4 is 55.5 Å². The fourth-order valence-electron chi connectivity index (χ4n) is 3.67. The van der Waals surface area contributed by atoms with Crippen molar-refractivity contribution in [1.29, 1.82) is 0 Å². The quantitative estimate of drug-likeness (QED) is 0.403. The van der Waals surface area contributed by atoms with Gasteiger partial charge in [-0.2, -0.15) is 0 Å². The molecule has 1 saturated carbocycles. The van der Waals surface area contributed by atoms with Gasteiger partial charge >= 0.3 is 0 Å². The molecule has 2 aromatic carbocycles. The van der Waals surface area contributed by atoms with Gasteiger partial charge < -0.3 is 0 Å². The van der Waals surface area contributed by atoms with Crippen LogP contribution in [-0.2, 0) is 9.59 Å². The summed E-state index contributed by atoms with van der Waals surface area (Å²) in [6, 6.07) is 10.4. The van der Waals surface area contributed by atoms with Gasteiger partial charge in [-0.05, 0) is 74.9 Å². The smallest absolute Gasteiger partial charge is 0.269 e. The van der Waals surface area contributed by atoms with Gasteiger partial charge in [0.15, 0.2) is 0 Å². The van der Waals surface area contributed by atoms with E-state index in [0.717, 1.165) is 20.1 Å². The van der Waals surface area contributed by atoms with Crippen LogP contribution in [0, 0.1) is 25.7 Å². The molecule has 4 amide bonds. The molecule has 34 heavy (non-hydrogen) atoms. The second-order valence-electron chi connectivity index (χ2n) is 8.36. The highest BCUT2D eigenvalue weighted by atomic mass is 79.9. The summed E-state index contributed by atoms with van der Waals surface area (Å²) >= 11 is 6.77. The predicted molar refractivity (Wildman–Crippen MR) is 134 cm³/mol. The third-order valence-corrected chi connectivity index (χ3v) is 7.64. The van der Waals surface area contributed by atoms with Crippen LogP contribution in [0.25, 0.3) is 0 Å². The molecule has 0 aliphatic heterocycles. The second-order valence-corrected chi connectivity index (χ2v) is 10.1. The van der Waals surface area contributed by atoms with E-state index in [1.165, 1.54) is 0 Å². The summed E-state index contributed by atoms with van der Waals surface area (Å²) in [5.74, 6) is -1.97. The van der Waals surface area contributed by atoms with Gasteiger partial charge in [0.25, 0.3) is 11.8 Å². The Bertz CT molecular complexity index is 1030. The third kappa shape index (κ3) is 6.66. The molecule has 180 valence electrons. The number of halogens is 2. The second kappa shape index (κ2) is 11.6. The highest BCUT2D eigenvalue weighted by Crippen LogP contribution is 2.29. The van der Waals surface area contributed by atoms with E-state index in [2.05, 4.69) is 53.6 Å². The maximum absolute atomic E-state index is 12.5. The molecule has 0 saturated heterocycles. The fraction of sp³-hybridized carbons (Fsp3) is 0.333. The van der Waals surface area contributed by atoms with Gasteiger partial charge in [0.1, 0.15) is 0 Å². The maximum Gasteiger partial charge on any atom is 0.269 e. The van der Waals surface area contributed by atoms with Gasteiger partial charge in [-0.3, -0.25) is 40.9 Å². The Hall–Kier alpha value is -2.72. The first kappa shape index (κ1) is 25.9. The van der Waals surface area contributed by atoms with Crippen LogP contribution in [-0.4, -0.2) is 23.6 Å². The lowest BCUT2D eigenvalue weighted by Gasteiger charge is -2.27. The molecule has 3 rings (SSSR count). The van der Waals surface area contributed by atoms with E-state index in [4.69, 9.17) is 0 Å². The van der Waals surface area contributed by atoms with E-state index < -0.39 is 11.8 Å². The van der Waals surface area contributed by atoms with Crippen molar-refractivity contribution < 1.29 is 19.2 Å². The molecule has 0 unspecified atom stereocenters. The Kier molecular flexibility index (Phi) is 8.84. The van der Waals surface area contributed by atoms with E-state index >= 15 is 0 Å². The fourth-order valence-corrected chi connectivity index (χ4v) is 4.43. The first-order chi connectivity index (χ1) is 16.2. The number of benzene rings is 2. The average Bonchev–Trinajstić information content (AvgIpc) is 2.84. The van der Waals surface area contributed by atoms with E-state index in [1.807, 2.05) is 26.0 Å². The van der Waals surface area contributed by atoms with Gasteiger partial charge in [-0.25, -0.2) is 0 Å². The molecule has 1 fully saturated rings. The third-order valence-electron chi connectivity index (χ3n) is 5.94. The standard InChI is InChI=1S/C24H26Br2N4O4/c1-13-3-5-17(11-19(13)25)23(33)29-27-21(31)15-7-9-16(10-8-15)22(32)28-30-24(34)18-6-4-14(2)20(26)12-18/h3-6,11-12,15-16H,7-10H2,1-2H3,(H,27,31)(H,28,32)(H,29,33)(H,30,34). The Morgan fingerprint density at radius 1 is 0.647 bits per heavy atom. The molecule has 2 aromatic rings. The van der Waals surface area contributed by atoms with E-state index in [-0.39, 0.29) is 23.7 Å². The molecule has 4 N–H and O–H groups in total. The predicted octanol–water partition coefficient (Wildman–Crippen LogP) is 3.86. The van der Waals surface area contributed by atoms with Crippen molar-refractivity contribution in [3.05, 3.63) is 67.6 Å². The number of hydrazine groups is 2. The minimum Gasteiger partial charge on any atom is -0.273 e. The number of carbonyl (C=O) groups excluding carboxylic acids is 4. The summed E-state index contributed by atoms with van der Waals surface area (Å²) < 4.78 is 1.62. The first-order valence-corrected chi connectivity index (χ1v) is 12.5. The Balaban J connectivity index is 1.41. The largest absolute Gasteiger partial charge is 0.273 e. The van der Waals surface area contributed by atoms with Crippen LogP contribution in [0.3, 0.4) is 0 Å². The van der Waals surface area contributed by atoms with Crippen LogP contribution in [0.1, 0.15) is 57.5 Å². The van der Waals surface area contributed by atoms with Crippen molar-refractivity contribution in [3.63, 3.8) is 0 Å². The Morgan fingerprint density at radius 2 is 1.00 bits per heavy atom. The lowest BCUT2D eigenvalue weighted by Crippen LogP contribution is -2.47. The molecule has 0 radical (unpaired) electrons. The van der Waals surface area contributed by atoms with Crippen molar-refractivity contribution in [1.82, 2.24) is 21.7 Å². The number of nitrogens with one attached hydrogen (secondary N) is 4. The van der Waals surface area contributed by atoms with Crippen LogP contribution < -0.4 is 21.7 Å². The minimum atomic E-state index is -0.404. The summed E-state index contributed by atoms with van der Waals surface area (Å²) in [5, 5.41) is 0. The van der Waals surface area contributed by atoms with E-state index in [0.29, 0.717) is 36.8 Å². The van der Waals surface area contributed by atoms with Gasteiger partial charge in [0, 0.05) is 31.9 Å². The van der Waals surface area contributed by atoms with Crippen molar-refractivity contribution in [2.75, 3.05) is 0 Å². The normalized spacial score (nSPS) is 17.4. The molecule has 8 nitrogen and oxygen atoms in total. The lowest BCUT2D eigenvalue weighted by atomic mass is 9.81. The van der Waals surface area contributed by atoms with Gasteiger partial charge in [0.05, 0.1) is 0 Å². The maximum atomic E-state index is 12.5. The molecule has 0 spiro atoms. The Morgan fingerprint density at radius 3 is 1.32 bits per heavy atom. The van der Waals surface area contributed by atoms with Crippen LogP contribution in [0.15, 0.2) is 45.3 Å². The van der Waals surface area contributed by atoms with Crippen LogP contribution >= 0.6 is 31.9 Å². The van der Waals surface area contributed by atoms with Crippen molar-refractivity contribution in [2.24, 2.45) is 11.8 Å². The number of carbonyl (C=O) groups is 4. The molecule has 1 aliphatic carbocycles. The summed E-state index contributed by atoms with van der Waals surface area (Å²) in [7, 11) is 0. The summed E-state index contributed by atoms with van der Waals surface area (Å²) in [4.78, 5) is 49.4. The van der Waals surface area contributed by atoms with Gasteiger partial charge in [-0.1, -0.05) is 44.0 Å². The van der Waals surface area contributed by atoms with Crippen molar-refractivity contribution in [3.8, 4) is 0 Å². The van der Waals surface area contributed by atoms with E-state index in [1.54, 1.807) is 24.3 Å². The molecule has 0 atom stereocenters. The van der Waals surface area contributed by atoms with E-state index in [9.17, 15) is 19.2 Å². The summed E-state index contributed by atoms with van der Waals surface area (Å²) in [6.07, 6.45) is 2.03. The zero-order valence-electron chi connectivity index (χ0n) is 18.8. The molecule has 0 bridgehead atoms. The zero-order valence-corrected chi connectivity index (χ0v) is 22.0. The Labute approximate surface area is 214 Å². The average molecular weight is 594 g/mol.